The summed E-state index contributed by atoms with van der Waals surface area (Å²) >= 11 is 27.6. The van der Waals surface area contributed by atoms with E-state index in [4.69, 9.17) is 0 Å². The van der Waals surface area contributed by atoms with Crippen molar-refractivity contribution in [3.63, 3.8) is 0 Å². The molecule has 39 heteroatoms. The molecule has 2 rings (SSSR count). The van der Waals surface area contributed by atoms with Crippen LogP contribution in [0.5, 0.6) is 0 Å². The van der Waals surface area contributed by atoms with Crippen molar-refractivity contribution in [3.05, 3.63) is 9.54 Å². The predicted molar refractivity (Wildman–Crippen MR) is 171 cm³/mol. The van der Waals surface area contributed by atoms with Crippen LogP contribution in [0, 0.1) is 9.54 Å². The van der Waals surface area contributed by atoms with Gasteiger partial charge < -0.3 is 68.8 Å². The molecular formula is C26H16F28N4NiS6-4. The van der Waals surface area contributed by atoms with E-state index in [1.165, 1.54) is 0 Å². The molecule has 0 aromatic carbocycles. The van der Waals surface area contributed by atoms with Gasteiger partial charge >= 0.3 is 72.1 Å². The van der Waals surface area contributed by atoms with Crippen molar-refractivity contribution in [1.82, 2.24) is 18.3 Å². The van der Waals surface area contributed by atoms with E-state index in [2.05, 4.69) is 75.0 Å². The normalized spacial score (nSPS) is 14.6. The number of nitrogens with zero attached hydrogens (tertiary/aromatic N) is 4. The molecule has 386 valence electrons. The topological polar surface area (TPSA) is 19.7 Å². The minimum Gasteiger partial charge on any atom is -0.762 e. The molecule has 0 radical (unpaired) electrons. The van der Waals surface area contributed by atoms with Gasteiger partial charge in [-0.3, -0.25) is 0 Å². The van der Waals surface area contributed by atoms with Gasteiger partial charge in [-0.25, -0.2) is 0 Å². The molecule has 0 atom stereocenters. The summed E-state index contributed by atoms with van der Waals surface area (Å²) in [6.45, 7) is -5.71. The van der Waals surface area contributed by atoms with Crippen molar-refractivity contribution >= 4 is 75.0 Å². The van der Waals surface area contributed by atoms with Crippen LogP contribution in [0.2, 0.25) is 0 Å². The fourth-order valence-electron chi connectivity index (χ4n) is 4.36. The first-order chi connectivity index (χ1) is 27.8. The Morgan fingerprint density at radius 1 is 0.292 bits per heavy atom. The zero-order valence-corrected chi connectivity index (χ0v) is 35.7. The average molecular weight is 1170 g/mol. The van der Waals surface area contributed by atoms with E-state index in [0.717, 1.165) is 0 Å². The van der Waals surface area contributed by atoms with Crippen molar-refractivity contribution in [1.29, 1.82) is 0 Å². The number of alkyl halides is 28. The Hall–Kier alpha value is -1.73. The maximum absolute atomic E-state index is 13.4. The Kier molecular flexibility index (Phi) is 19.4. The molecule has 0 amide bonds. The van der Waals surface area contributed by atoms with E-state index >= 15 is 0 Å². The molecule has 4 nitrogen and oxygen atoms in total. The van der Waals surface area contributed by atoms with Gasteiger partial charge in [-0.1, -0.05) is 0 Å². The predicted octanol–water partition coefficient (Wildman–Crippen LogP) is 12.6. The Bertz CT molecular complexity index is 1780. The molecule has 0 bridgehead atoms. The Morgan fingerprint density at radius 2 is 0.415 bits per heavy atom. The molecule has 0 aliphatic heterocycles. The van der Waals surface area contributed by atoms with Crippen LogP contribution in [0.15, 0.2) is 20.1 Å². The molecule has 2 aromatic heterocycles. The maximum atomic E-state index is 13.4. The van der Waals surface area contributed by atoms with Gasteiger partial charge in [-0.2, -0.15) is 123 Å². The van der Waals surface area contributed by atoms with Crippen LogP contribution in [0.1, 0.15) is 25.7 Å². The first kappa shape index (κ1) is 63.3. The van der Waals surface area contributed by atoms with E-state index in [9.17, 15) is 123 Å². The van der Waals surface area contributed by atoms with Crippen LogP contribution in [-0.4, -0.2) is 90.4 Å². The summed E-state index contributed by atoms with van der Waals surface area (Å²) in [6.07, 6.45) is -35.3. The molecule has 0 spiro atoms. The Balaban J connectivity index is 0.00000124. The third-order valence-corrected chi connectivity index (χ3v) is 10.9. The molecule has 0 fully saturated rings. The number of imidazole rings is 2. The summed E-state index contributed by atoms with van der Waals surface area (Å²) < 4.78 is 356. The van der Waals surface area contributed by atoms with Crippen LogP contribution in [0.3, 0.4) is 0 Å². The molecule has 2 heterocycles. The zero-order valence-electron chi connectivity index (χ0n) is 29.8. The third kappa shape index (κ3) is 12.5. The van der Waals surface area contributed by atoms with Crippen LogP contribution >= 0.6 is 24.4 Å². The number of hydrogen-bond acceptors (Lipinski definition) is 6. The number of aromatic nitrogens is 4. The first-order valence-electron chi connectivity index (χ1n) is 15.5. The Labute approximate surface area is 385 Å². The summed E-state index contributed by atoms with van der Waals surface area (Å²) in [5, 5.41) is -3.16. The minimum atomic E-state index is -6.63. The standard InChI is InChI=1S/2C13H10F14N2S3.Ni/c2*14-8(15,10(18,19)12(22,23)24)1-3-28-5(30)6(31)29(7(28)32)4-2-9(16,17)11(20,21)13(25,26)27;/h2*30-31H,1-4H2;/p-4. The average Bonchev–Trinajstić information content (AvgIpc) is 3.42. The monoisotopic (exact) mass is 1170 g/mol. The van der Waals surface area contributed by atoms with Crippen LogP contribution < -0.4 is 0 Å². The number of hydrogen-bond donors (Lipinski definition) is 0. The van der Waals surface area contributed by atoms with E-state index < -0.39 is 154 Å². The van der Waals surface area contributed by atoms with Gasteiger partial charge in [0.05, 0.1) is 0 Å². The second kappa shape index (κ2) is 19.9. The fraction of sp³-hybridized carbons (Fsp3) is 0.769. The van der Waals surface area contributed by atoms with Gasteiger partial charge in [0.15, 0.2) is 9.54 Å². The van der Waals surface area contributed by atoms with E-state index in [1.54, 1.807) is 0 Å². The van der Waals surface area contributed by atoms with E-state index in [-0.39, 0.29) is 34.8 Å². The van der Waals surface area contributed by atoms with Gasteiger partial charge in [0.25, 0.3) is 0 Å². The summed E-state index contributed by atoms with van der Waals surface area (Å²) in [4.78, 5) is 0. The SMILES string of the molecule is FC(F)(F)C(F)(F)C(F)(F)CCn1c([S-])c([S-])n(CCC(F)(F)C(F)(F)C(F)(F)F)c1=S.FC(F)(F)C(F)(F)C(F)(F)CCn1c([S-])c([S-])n(CCC(F)(F)C(F)(F)C(F)(F)F)c1=S.[Ni]. The largest absolute Gasteiger partial charge is 0.762 e. The Morgan fingerprint density at radius 3 is 0.523 bits per heavy atom. The second-order valence-corrected chi connectivity index (χ2v) is 14.8. The second-order valence-electron chi connectivity index (χ2n) is 12.5. The quantitative estimate of drug-likeness (QED) is 0.0717. The van der Waals surface area contributed by atoms with Gasteiger partial charge in [-0.15, -0.1) is 20.1 Å². The molecule has 0 N–H and O–H groups in total. The third-order valence-electron chi connectivity index (χ3n) is 8.13. The summed E-state index contributed by atoms with van der Waals surface area (Å²) in [6, 6.07) is 0. The molecule has 65 heavy (non-hydrogen) atoms. The van der Waals surface area contributed by atoms with E-state index in [1.807, 2.05) is 0 Å². The summed E-state index contributed by atoms with van der Waals surface area (Å²) in [7, 11) is 0. The van der Waals surface area contributed by atoms with Crippen molar-refractivity contribution in [2.75, 3.05) is 0 Å². The molecule has 0 aliphatic carbocycles. The van der Waals surface area contributed by atoms with Crippen LogP contribution in [0.4, 0.5) is 123 Å². The summed E-state index contributed by atoms with van der Waals surface area (Å²) in [5.41, 5.74) is 0. The van der Waals surface area contributed by atoms with Crippen LogP contribution in [0.25, 0.3) is 0 Å². The molecule has 0 saturated carbocycles. The number of rotatable bonds is 16. The molecule has 0 aliphatic rings. The van der Waals surface area contributed by atoms with E-state index in [0.29, 0.717) is 0 Å². The van der Waals surface area contributed by atoms with Crippen molar-refractivity contribution in [2.24, 2.45) is 0 Å². The first-order valence-corrected chi connectivity index (χ1v) is 17.9. The smallest absolute Gasteiger partial charge is 0.459 e. The van der Waals surface area contributed by atoms with Crippen molar-refractivity contribution in [3.8, 4) is 0 Å². The van der Waals surface area contributed by atoms with Gasteiger partial charge in [-0.05, 0) is 24.4 Å². The fourth-order valence-corrected chi connectivity index (χ4v) is 6.47. The van der Waals surface area contributed by atoms with Gasteiger partial charge in [0.2, 0.25) is 0 Å². The van der Waals surface area contributed by atoms with Crippen LogP contribution in [-0.2, 0) is 93.2 Å². The molecule has 2 aromatic rings. The maximum Gasteiger partial charge on any atom is 0.459 e. The van der Waals surface area contributed by atoms with Crippen molar-refractivity contribution in [2.45, 2.75) is 144 Å². The molecule has 0 unspecified atom stereocenters. The number of halogens is 28. The van der Waals surface area contributed by atoms with Gasteiger partial charge in [0.1, 0.15) is 0 Å². The van der Waals surface area contributed by atoms with Crippen molar-refractivity contribution < 1.29 is 139 Å². The summed E-state index contributed by atoms with van der Waals surface area (Å²) in [5.74, 6) is -48.5. The molecule has 0 saturated heterocycles. The zero-order chi connectivity index (χ0) is 51.4. The minimum absolute atomic E-state index is 0. The van der Waals surface area contributed by atoms with Gasteiger partial charge in [0, 0.05) is 68.4 Å². The molecular weight excluding hydrogens is 1150 g/mol.